The number of hydrogen-bond acceptors (Lipinski definition) is 4. The molecule has 2 saturated heterocycles. The van der Waals surface area contributed by atoms with Gasteiger partial charge in [-0.05, 0) is 7.05 Å². The summed E-state index contributed by atoms with van der Waals surface area (Å²) in [6.07, 6.45) is 0. The highest BCUT2D eigenvalue weighted by Crippen LogP contribution is 2.14. The molecule has 4 heteroatoms. The van der Waals surface area contributed by atoms with Gasteiger partial charge in [0, 0.05) is 52.0 Å². The zero-order valence-corrected chi connectivity index (χ0v) is 8.45. The molecule has 0 aromatic rings. The van der Waals surface area contributed by atoms with Gasteiger partial charge in [0.2, 0.25) is 0 Å². The standard InChI is InChI=1S/C9H20N4/c1-11-2-4-13(5-3-11)9-6-12(7-9)8-10/h9H,2-8,10H2,1H3. The van der Waals surface area contributed by atoms with Gasteiger partial charge in [-0.3, -0.25) is 9.80 Å². The molecule has 2 N–H and O–H groups in total. The van der Waals surface area contributed by atoms with Crippen LogP contribution in [-0.4, -0.2) is 73.7 Å². The van der Waals surface area contributed by atoms with Crippen LogP contribution in [0.1, 0.15) is 0 Å². The van der Waals surface area contributed by atoms with Crippen LogP contribution in [0.25, 0.3) is 0 Å². The van der Waals surface area contributed by atoms with Crippen molar-refractivity contribution in [3.63, 3.8) is 0 Å². The number of likely N-dealkylation sites (tertiary alicyclic amines) is 1. The SMILES string of the molecule is CN1CCN(C2CN(CN)C2)CC1. The van der Waals surface area contributed by atoms with Gasteiger partial charge in [-0.2, -0.15) is 0 Å². The van der Waals surface area contributed by atoms with E-state index in [1.165, 1.54) is 39.3 Å². The Morgan fingerprint density at radius 3 is 2.31 bits per heavy atom. The second-order valence-corrected chi connectivity index (χ2v) is 4.21. The van der Waals surface area contributed by atoms with E-state index in [1.807, 2.05) is 0 Å². The topological polar surface area (TPSA) is 35.7 Å². The van der Waals surface area contributed by atoms with Crippen LogP contribution in [0.15, 0.2) is 0 Å². The van der Waals surface area contributed by atoms with Crippen LogP contribution >= 0.6 is 0 Å². The van der Waals surface area contributed by atoms with Crippen molar-refractivity contribution >= 4 is 0 Å². The predicted octanol–water partition coefficient (Wildman–Crippen LogP) is -1.17. The minimum absolute atomic E-state index is 0.726. The van der Waals surface area contributed by atoms with Crippen molar-refractivity contribution < 1.29 is 0 Å². The zero-order valence-electron chi connectivity index (χ0n) is 8.45. The van der Waals surface area contributed by atoms with Crippen LogP contribution in [0, 0.1) is 0 Å². The lowest BCUT2D eigenvalue weighted by atomic mass is 10.1. The van der Waals surface area contributed by atoms with Crippen molar-refractivity contribution in [2.75, 3.05) is 53.0 Å². The number of piperazine rings is 1. The fraction of sp³-hybridized carbons (Fsp3) is 1.00. The first-order valence-electron chi connectivity index (χ1n) is 5.14. The van der Waals surface area contributed by atoms with Crippen LogP contribution in [0.3, 0.4) is 0 Å². The van der Waals surface area contributed by atoms with E-state index in [9.17, 15) is 0 Å². The summed E-state index contributed by atoms with van der Waals surface area (Å²) in [5.41, 5.74) is 5.55. The second kappa shape index (κ2) is 3.92. The largest absolute Gasteiger partial charge is 0.318 e. The van der Waals surface area contributed by atoms with E-state index in [4.69, 9.17) is 5.73 Å². The van der Waals surface area contributed by atoms with Crippen molar-refractivity contribution in [2.24, 2.45) is 5.73 Å². The molecule has 0 atom stereocenters. The van der Waals surface area contributed by atoms with Gasteiger partial charge in [-0.25, -0.2) is 0 Å². The summed E-state index contributed by atoms with van der Waals surface area (Å²) in [5, 5.41) is 0. The summed E-state index contributed by atoms with van der Waals surface area (Å²) in [5.74, 6) is 0. The lowest BCUT2D eigenvalue weighted by Gasteiger charge is -2.47. The molecule has 0 spiro atoms. The third kappa shape index (κ3) is 2.02. The Morgan fingerprint density at radius 2 is 1.77 bits per heavy atom. The third-order valence-electron chi connectivity index (χ3n) is 3.25. The molecular formula is C9H20N4. The van der Waals surface area contributed by atoms with E-state index in [1.54, 1.807) is 0 Å². The molecule has 2 aliphatic rings. The number of rotatable bonds is 2. The maximum atomic E-state index is 5.55. The number of nitrogens with zero attached hydrogens (tertiary/aromatic N) is 3. The Balaban J connectivity index is 1.71. The van der Waals surface area contributed by atoms with E-state index in [0.717, 1.165) is 12.7 Å². The summed E-state index contributed by atoms with van der Waals surface area (Å²) >= 11 is 0. The molecule has 2 rings (SSSR count). The molecule has 0 saturated carbocycles. The lowest BCUT2D eigenvalue weighted by molar-refractivity contribution is 0.0110. The van der Waals surface area contributed by atoms with Gasteiger partial charge in [-0.15, -0.1) is 0 Å². The molecule has 2 aliphatic heterocycles. The van der Waals surface area contributed by atoms with Crippen molar-refractivity contribution in [1.29, 1.82) is 0 Å². The van der Waals surface area contributed by atoms with Crippen LogP contribution in [-0.2, 0) is 0 Å². The normalized spacial score (nSPS) is 29.1. The highest BCUT2D eigenvalue weighted by atomic mass is 15.4. The first kappa shape index (κ1) is 9.40. The Hall–Kier alpha value is -0.160. The molecule has 0 aromatic carbocycles. The first-order chi connectivity index (χ1) is 6.29. The van der Waals surface area contributed by atoms with E-state index < -0.39 is 0 Å². The Kier molecular flexibility index (Phi) is 2.83. The van der Waals surface area contributed by atoms with Gasteiger partial charge in [0.25, 0.3) is 0 Å². The smallest absolute Gasteiger partial charge is 0.0456 e. The Morgan fingerprint density at radius 1 is 1.15 bits per heavy atom. The van der Waals surface area contributed by atoms with Crippen molar-refractivity contribution in [1.82, 2.24) is 14.7 Å². The molecular weight excluding hydrogens is 164 g/mol. The van der Waals surface area contributed by atoms with Crippen LogP contribution in [0.2, 0.25) is 0 Å². The maximum Gasteiger partial charge on any atom is 0.0456 e. The summed E-state index contributed by atoms with van der Waals surface area (Å²) < 4.78 is 0. The first-order valence-corrected chi connectivity index (χ1v) is 5.14. The van der Waals surface area contributed by atoms with Crippen molar-refractivity contribution in [3.05, 3.63) is 0 Å². The highest BCUT2D eigenvalue weighted by molar-refractivity contribution is 4.89. The second-order valence-electron chi connectivity index (χ2n) is 4.21. The maximum absolute atomic E-state index is 5.55. The summed E-state index contributed by atoms with van der Waals surface area (Å²) in [6.45, 7) is 8.00. The third-order valence-corrected chi connectivity index (χ3v) is 3.25. The minimum atomic E-state index is 0.726. The molecule has 0 aromatic heterocycles. The van der Waals surface area contributed by atoms with Crippen molar-refractivity contribution in [3.8, 4) is 0 Å². The van der Waals surface area contributed by atoms with E-state index in [-0.39, 0.29) is 0 Å². The number of hydrogen-bond donors (Lipinski definition) is 1. The highest BCUT2D eigenvalue weighted by Gasteiger charge is 2.31. The molecule has 13 heavy (non-hydrogen) atoms. The lowest BCUT2D eigenvalue weighted by Crippen LogP contribution is -2.63. The van der Waals surface area contributed by atoms with Crippen LogP contribution < -0.4 is 5.73 Å². The average Bonchev–Trinajstić information content (AvgIpc) is 2.06. The van der Waals surface area contributed by atoms with E-state index in [0.29, 0.717) is 0 Å². The molecule has 2 heterocycles. The van der Waals surface area contributed by atoms with Crippen LogP contribution in [0.5, 0.6) is 0 Å². The summed E-state index contributed by atoms with van der Waals surface area (Å²) in [6, 6.07) is 0.789. The fourth-order valence-electron chi connectivity index (χ4n) is 2.11. The van der Waals surface area contributed by atoms with Gasteiger partial charge < -0.3 is 10.6 Å². The molecule has 0 unspecified atom stereocenters. The molecule has 76 valence electrons. The predicted molar refractivity (Wildman–Crippen MR) is 53.5 cm³/mol. The van der Waals surface area contributed by atoms with Gasteiger partial charge in [0.1, 0.15) is 0 Å². The van der Waals surface area contributed by atoms with Gasteiger partial charge in [0.15, 0.2) is 0 Å². The van der Waals surface area contributed by atoms with Gasteiger partial charge in [0.05, 0.1) is 0 Å². The zero-order chi connectivity index (χ0) is 9.26. The molecule has 0 radical (unpaired) electrons. The minimum Gasteiger partial charge on any atom is -0.318 e. The average molecular weight is 184 g/mol. The van der Waals surface area contributed by atoms with Gasteiger partial charge in [-0.1, -0.05) is 0 Å². The molecule has 0 bridgehead atoms. The van der Waals surface area contributed by atoms with Gasteiger partial charge >= 0.3 is 0 Å². The van der Waals surface area contributed by atoms with Crippen molar-refractivity contribution in [2.45, 2.75) is 6.04 Å². The fourth-order valence-corrected chi connectivity index (χ4v) is 2.11. The molecule has 4 nitrogen and oxygen atoms in total. The summed E-state index contributed by atoms with van der Waals surface area (Å²) in [4.78, 5) is 7.30. The van der Waals surface area contributed by atoms with Crippen LogP contribution in [0.4, 0.5) is 0 Å². The van der Waals surface area contributed by atoms with E-state index in [2.05, 4.69) is 21.7 Å². The number of likely N-dealkylation sites (N-methyl/N-ethyl adjacent to an activating group) is 1. The molecule has 2 fully saturated rings. The number of nitrogens with two attached hydrogens (primary N) is 1. The Bertz CT molecular complexity index is 159. The molecule has 0 aliphatic carbocycles. The monoisotopic (exact) mass is 184 g/mol. The summed E-state index contributed by atoms with van der Waals surface area (Å²) in [7, 11) is 2.20. The van der Waals surface area contributed by atoms with E-state index >= 15 is 0 Å². The molecule has 0 amide bonds. The quantitative estimate of drug-likeness (QED) is 0.587. The Labute approximate surface area is 80.3 Å².